The number of carbonyl (C=O) groups excluding carboxylic acids is 1. The molecule has 5 rings (SSSR count). The van der Waals surface area contributed by atoms with Crippen molar-refractivity contribution < 1.29 is 4.79 Å². The highest BCUT2D eigenvalue weighted by molar-refractivity contribution is 5.89. The monoisotopic (exact) mass is 249 g/mol. The van der Waals surface area contributed by atoms with E-state index >= 15 is 0 Å². The van der Waals surface area contributed by atoms with Crippen LogP contribution >= 0.6 is 0 Å². The molecule has 4 saturated heterocycles. The Balaban J connectivity index is 1.54. The number of nitrogens with one attached hydrogen (secondary N) is 1. The molecule has 5 fully saturated rings. The van der Waals surface area contributed by atoms with Gasteiger partial charge in [0, 0.05) is 12.6 Å². The molecule has 1 atom stereocenters. The maximum Gasteiger partial charge on any atom is 0.244 e. The highest BCUT2D eigenvalue weighted by Gasteiger charge is 2.51. The topological polar surface area (TPSA) is 35.6 Å². The van der Waals surface area contributed by atoms with E-state index in [1.807, 2.05) is 0 Å². The van der Waals surface area contributed by atoms with Crippen LogP contribution in [-0.2, 0) is 4.79 Å². The first-order valence-electron chi connectivity index (χ1n) is 7.57. The minimum atomic E-state index is -0.161. The zero-order valence-corrected chi connectivity index (χ0v) is 11.0. The van der Waals surface area contributed by atoms with Crippen molar-refractivity contribution in [3.05, 3.63) is 0 Å². The lowest BCUT2D eigenvalue weighted by atomic mass is 9.83. The summed E-state index contributed by atoms with van der Waals surface area (Å²) in [6.07, 6.45) is 7.13. The van der Waals surface area contributed by atoms with Gasteiger partial charge in [0.1, 0.15) is 0 Å². The lowest BCUT2D eigenvalue weighted by Crippen LogP contribution is -2.58. The van der Waals surface area contributed by atoms with Crippen LogP contribution in [-0.4, -0.2) is 53.6 Å². The van der Waals surface area contributed by atoms with E-state index in [4.69, 9.17) is 0 Å². The summed E-state index contributed by atoms with van der Waals surface area (Å²) >= 11 is 0. The van der Waals surface area contributed by atoms with Gasteiger partial charge in [0.15, 0.2) is 0 Å². The zero-order chi connectivity index (χ0) is 12.2. The molecule has 0 aromatic heterocycles. The van der Waals surface area contributed by atoms with E-state index < -0.39 is 0 Å². The molecule has 1 aliphatic carbocycles. The van der Waals surface area contributed by atoms with Crippen LogP contribution in [0.25, 0.3) is 0 Å². The van der Waals surface area contributed by atoms with E-state index in [2.05, 4.69) is 15.1 Å². The standard InChI is InChI=1S/C14H23N3O/c18-13-14(5-1-2-6-14)15-10-17(13)12-9-16-7-3-11(12)4-8-16/h11-12,15H,1-10H2. The first kappa shape index (κ1) is 11.2. The van der Waals surface area contributed by atoms with Gasteiger partial charge in [-0.2, -0.15) is 0 Å². The molecule has 0 aromatic rings. The van der Waals surface area contributed by atoms with E-state index in [1.165, 1.54) is 38.8 Å². The number of carbonyl (C=O) groups is 1. The van der Waals surface area contributed by atoms with Crippen LogP contribution < -0.4 is 5.32 Å². The van der Waals surface area contributed by atoms with E-state index in [0.29, 0.717) is 11.9 Å². The summed E-state index contributed by atoms with van der Waals surface area (Å²) in [5.74, 6) is 1.18. The molecule has 4 aliphatic heterocycles. The fourth-order valence-electron chi connectivity index (χ4n) is 4.58. The molecule has 4 heterocycles. The normalized spacial score (nSPS) is 42.1. The molecule has 18 heavy (non-hydrogen) atoms. The molecule has 1 saturated carbocycles. The highest BCUT2D eigenvalue weighted by Crippen LogP contribution is 2.38. The van der Waals surface area contributed by atoms with E-state index in [-0.39, 0.29) is 5.54 Å². The number of rotatable bonds is 1. The predicted octanol–water partition coefficient (Wildman–Crippen LogP) is 0.783. The van der Waals surface area contributed by atoms with Gasteiger partial charge in [-0.1, -0.05) is 12.8 Å². The zero-order valence-electron chi connectivity index (χ0n) is 11.0. The molecule has 2 bridgehead atoms. The summed E-state index contributed by atoms with van der Waals surface area (Å²) in [4.78, 5) is 17.5. The lowest BCUT2D eigenvalue weighted by Gasteiger charge is -2.48. The van der Waals surface area contributed by atoms with Crippen molar-refractivity contribution >= 4 is 5.91 Å². The Morgan fingerprint density at radius 2 is 1.89 bits per heavy atom. The summed E-state index contributed by atoms with van der Waals surface area (Å²) in [7, 11) is 0. The molecule has 0 aromatic carbocycles. The van der Waals surface area contributed by atoms with Crippen molar-refractivity contribution in [1.82, 2.24) is 15.1 Å². The Labute approximate surface area is 109 Å². The Morgan fingerprint density at radius 3 is 2.50 bits per heavy atom. The van der Waals surface area contributed by atoms with Crippen molar-refractivity contribution in [3.8, 4) is 0 Å². The van der Waals surface area contributed by atoms with Crippen molar-refractivity contribution in [3.63, 3.8) is 0 Å². The minimum Gasteiger partial charge on any atom is -0.324 e. The maximum absolute atomic E-state index is 12.8. The van der Waals surface area contributed by atoms with Gasteiger partial charge in [0.2, 0.25) is 5.91 Å². The van der Waals surface area contributed by atoms with Crippen molar-refractivity contribution in [2.75, 3.05) is 26.3 Å². The molecule has 4 nitrogen and oxygen atoms in total. The van der Waals surface area contributed by atoms with E-state index in [1.54, 1.807) is 0 Å². The Bertz CT molecular complexity index is 356. The van der Waals surface area contributed by atoms with Crippen LogP contribution in [0.1, 0.15) is 38.5 Å². The van der Waals surface area contributed by atoms with Crippen LogP contribution in [0.3, 0.4) is 0 Å². The van der Waals surface area contributed by atoms with Crippen molar-refractivity contribution in [2.24, 2.45) is 5.92 Å². The third-order valence-corrected chi connectivity index (χ3v) is 5.74. The first-order valence-corrected chi connectivity index (χ1v) is 7.57. The third-order valence-electron chi connectivity index (χ3n) is 5.74. The smallest absolute Gasteiger partial charge is 0.244 e. The fraction of sp³-hybridized carbons (Fsp3) is 0.929. The fourth-order valence-corrected chi connectivity index (χ4v) is 4.58. The molecule has 1 unspecified atom stereocenters. The van der Waals surface area contributed by atoms with E-state index in [0.717, 1.165) is 32.0 Å². The van der Waals surface area contributed by atoms with Gasteiger partial charge in [-0.25, -0.2) is 0 Å². The van der Waals surface area contributed by atoms with Gasteiger partial charge in [-0.05, 0) is 44.7 Å². The van der Waals surface area contributed by atoms with E-state index in [9.17, 15) is 4.79 Å². The van der Waals surface area contributed by atoms with Crippen molar-refractivity contribution in [1.29, 1.82) is 0 Å². The molecular weight excluding hydrogens is 226 g/mol. The number of hydrogen-bond donors (Lipinski definition) is 1. The highest BCUT2D eigenvalue weighted by atomic mass is 16.2. The van der Waals surface area contributed by atoms with Crippen LogP contribution in [0.15, 0.2) is 0 Å². The summed E-state index contributed by atoms with van der Waals surface area (Å²) in [6, 6.07) is 0.493. The minimum absolute atomic E-state index is 0.161. The average molecular weight is 249 g/mol. The molecule has 1 spiro atoms. The third kappa shape index (κ3) is 1.48. The molecule has 1 N–H and O–H groups in total. The second-order valence-electron chi connectivity index (χ2n) is 6.60. The summed E-state index contributed by atoms with van der Waals surface area (Å²) < 4.78 is 0. The quantitative estimate of drug-likeness (QED) is 0.746. The maximum atomic E-state index is 12.8. The van der Waals surface area contributed by atoms with Gasteiger partial charge in [0.05, 0.1) is 12.2 Å². The molecule has 0 radical (unpaired) electrons. The van der Waals surface area contributed by atoms with Gasteiger partial charge < -0.3 is 9.80 Å². The number of hydrogen-bond acceptors (Lipinski definition) is 3. The van der Waals surface area contributed by atoms with Crippen LogP contribution in [0, 0.1) is 5.92 Å². The van der Waals surface area contributed by atoms with Crippen LogP contribution in [0.4, 0.5) is 0 Å². The Hall–Kier alpha value is -0.610. The van der Waals surface area contributed by atoms with Gasteiger partial charge in [-0.3, -0.25) is 10.1 Å². The van der Waals surface area contributed by atoms with Crippen LogP contribution in [0.2, 0.25) is 0 Å². The SMILES string of the molecule is O=C1N(C2CN3CCC2CC3)CNC12CCCC2. The van der Waals surface area contributed by atoms with Gasteiger partial charge in [0.25, 0.3) is 0 Å². The average Bonchev–Trinajstić information content (AvgIpc) is 3.01. The van der Waals surface area contributed by atoms with Gasteiger partial charge >= 0.3 is 0 Å². The summed E-state index contributed by atoms with van der Waals surface area (Å²) in [5, 5.41) is 3.55. The number of fused-ring (bicyclic) bond motifs is 3. The number of nitrogens with zero attached hydrogens (tertiary/aromatic N) is 2. The Morgan fingerprint density at radius 1 is 1.17 bits per heavy atom. The second kappa shape index (κ2) is 3.94. The summed E-state index contributed by atoms with van der Waals surface area (Å²) in [5.41, 5.74) is -0.161. The Kier molecular flexibility index (Phi) is 2.46. The summed E-state index contributed by atoms with van der Waals surface area (Å²) in [6.45, 7) is 4.42. The van der Waals surface area contributed by atoms with Crippen molar-refractivity contribution in [2.45, 2.75) is 50.1 Å². The lowest BCUT2D eigenvalue weighted by molar-refractivity contribution is -0.137. The molecule has 100 valence electrons. The number of amides is 1. The molecule has 1 amide bonds. The molecule has 4 heteroatoms. The predicted molar refractivity (Wildman–Crippen MR) is 69.0 cm³/mol. The van der Waals surface area contributed by atoms with Crippen LogP contribution in [0.5, 0.6) is 0 Å². The second-order valence-corrected chi connectivity index (χ2v) is 6.60. The molecular formula is C14H23N3O. The molecule has 5 aliphatic rings. The first-order chi connectivity index (χ1) is 8.78. The van der Waals surface area contributed by atoms with Gasteiger partial charge in [-0.15, -0.1) is 0 Å². The number of piperidine rings is 3. The largest absolute Gasteiger partial charge is 0.324 e.